The molecule has 1 fully saturated rings. The van der Waals surface area contributed by atoms with Gasteiger partial charge < -0.3 is 11.1 Å². The Labute approximate surface area is 116 Å². The molecule has 2 atom stereocenters. The Morgan fingerprint density at radius 1 is 1.50 bits per heavy atom. The molecule has 1 amide bonds. The Morgan fingerprint density at radius 2 is 2.28 bits per heavy atom. The van der Waals surface area contributed by atoms with Crippen LogP contribution in [0, 0.1) is 0 Å². The zero-order valence-electron chi connectivity index (χ0n) is 10.3. The highest BCUT2D eigenvalue weighted by Gasteiger charge is 2.26. The Morgan fingerprint density at radius 3 is 2.94 bits per heavy atom. The maximum Gasteiger partial charge on any atom is 0.253 e. The number of anilines is 1. The molecule has 0 saturated heterocycles. The molecular weight excluding hydrogens is 268 g/mol. The van der Waals surface area contributed by atoms with Crippen molar-refractivity contribution < 1.29 is 4.79 Å². The molecular formula is C13H17ClN2OS. The predicted molar refractivity (Wildman–Crippen MR) is 78.3 cm³/mol. The lowest BCUT2D eigenvalue weighted by molar-refractivity contribution is 0.0939. The van der Waals surface area contributed by atoms with Gasteiger partial charge in [0.1, 0.15) is 0 Å². The van der Waals surface area contributed by atoms with Crippen molar-refractivity contribution >= 4 is 35.0 Å². The van der Waals surface area contributed by atoms with Gasteiger partial charge in [-0.3, -0.25) is 4.79 Å². The molecule has 5 heteroatoms. The largest absolute Gasteiger partial charge is 0.397 e. The summed E-state index contributed by atoms with van der Waals surface area (Å²) in [5.41, 5.74) is 6.64. The zero-order chi connectivity index (χ0) is 13.1. The van der Waals surface area contributed by atoms with E-state index in [0.717, 1.165) is 19.3 Å². The van der Waals surface area contributed by atoms with Crippen LogP contribution in [0.15, 0.2) is 18.2 Å². The first-order chi connectivity index (χ1) is 8.61. The number of nitrogens with one attached hydrogen (secondary N) is 1. The number of hydrogen-bond donors (Lipinski definition) is 2. The summed E-state index contributed by atoms with van der Waals surface area (Å²) in [5, 5.41) is 4.12. The number of carbonyl (C=O) groups is 1. The monoisotopic (exact) mass is 284 g/mol. The van der Waals surface area contributed by atoms with Gasteiger partial charge in [0.2, 0.25) is 0 Å². The molecule has 1 aliphatic carbocycles. The number of benzene rings is 1. The van der Waals surface area contributed by atoms with Crippen molar-refractivity contribution in [2.45, 2.75) is 30.6 Å². The average Bonchev–Trinajstić information content (AvgIpc) is 2.80. The van der Waals surface area contributed by atoms with Gasteiger partial charge in [-0.15, -0.1) is 0 Å². The molecule has 1 aromatic carbocycles. The van der Waals surface area contributed by atoms with Gasteiger partial charge in [-0.2, -0.15) is 11.8 Å². The number of para-hydroxylation sites is 1. The summed E-state index contributed by atoms with van der Waals surface area (Å²) in [6.45, 7) is 0. The van der Waals surface area contributed by atoms with Crippen LogP contribution < -0.4 is 11.1 Å². The van der Waals surface area contributed by atoms with E-state index in [4.69, 9.17) is 17.3 Å². The maximum absolute atomic E-state index is 12.1. The van der Waals surface area contributed by atoms with Crippen LogP contribution in [0.2, 0.25) is 5.02 Å². The number of carbonyl (C=O) groups excluding carboxylic acids is 1. The van der Waals surface area contributed by atoms with Crippen LogP contribution >= 0.6 is 23.4 Å². The van der Waals surface area contributed by atoms with Crippen LogP contribution in [-0.4, -0.2) is 23.5 Å². The first-order valence-corrected chi connectivity index (χ1v) is 7.66. The lowest BCUT2D eigenvalue weighted by Gasteiger charge is -2.14. The van der Waals surface area contributed by atoms with E-state index in [1.165, 1.54) is 0 Å². The van der Waals surface area contributed by atoms with Crippen molar-refractivity contribution in [2.75, 3.05) is 12.0 Å². The van der Waals surface area contributed by atoms with E-state index in [9.17, 15) is 4.79 Å². The smallest absolute Gasteiger partial charge is 0.253 e. The molecule has 3 N–H and O–H groups in total. The lowest BCUT2D eigenvalue weighted by Crippen LogP contribution is -2.33. The molecule has 3 nitrogen and oxygen atoms in total. The second kappa shape index (κ2) is 5.85. The molecule has 18 heavy (non-hydrogen) atoms. The minimum Gasteiger partial charge on any atom is -0.397 e. The van der Waals surface area contributed by atoms with Crippen LogP contribution in [0.1, 0.15) is 29.6 Å². The van der Waals surface area contributed by atoms with E-state index in [1.807, 2.05) is 11.8 Å². The number of halogens is 1. The second-order valence-electron chi connectivity index (χ2n) is 4.54. The summed E-state index contributed by atoms with van der Waals surface area (Å²) < 4.78 is 0. The van der Waals surface area contributed by atoms with Crippen molar-refractivity contribution in [2.24, 2.45) is 0 Å². The number of amides is 1. The van der Waals surface area contributed by atoms with E-state index in [-0.39, 0.29) is 11.9 Å². The van der Waals surface area contributed by atoms with Crippen molar-refractivity contribution in [3.63, 3.8) is 0 Å². The molecule has 0 heterocycles. The minimum absolute atomic E-state index is 0.123. The van der Waals surface area contributed by atoms with E-state index >= 15 is 0 Å². The van der Waals surface area contributed by atoms with Gasteiger partial charge in [0, 0.05) is 11.3 Å². The normalized spacial score (nSPS) is 23.0. The highest BCUT2D eigenvalue weighted by Crippen LogP contribution is 2.29. The zero-order valence-corrected chi connectivity index (χ0v) is 11.9. The molecule has 0 radical (unpaired) electrons. The standard InChI is InChI=1S/C13H17ClN2OS/c1-18-9-6-5-8(7-9)16-13(17)10-3-2-4-11(14)12(10)15/h2-4,8-9H,5-7,15H2,1H3,(H,16,17). The first-order valence-electron chi connectivity index (χ1n) is 5.99. The average molecular weight is 285 g/mol. The van der Waals surface area contributed by atoms with E-state index in [1.54, 1.807) is 18.2 Å². The summed E-state index contributed by atoms with van der Waals surface area (Å²) in [5.74, 6) is -0.123. The third kappa shape index (κ3) is 2.93. The van der Waals surface area contributed by atoms with Gasteiger partial charge in [-0.05, 0) is 37.7 Å². The highest BCUT2D eigenvalue weighted by molar-refractivity contribution is 7.99. The Balaban J connectivity index is 2.02. The fourth-order valence-corrected chi connectivity index (χ4v) is 3.25. The molecule has 1 aliphatic rings. The SMILES string of the molecule is CSC1CCC(NC(=O)c2cccc(Cl)c2N)C1. The molecule has 0 spiro atoms. The third-order valence-electron chi connectivity index (χ3n) is 3.35. The summed E-state index contributed by atoms with van der Waals surface area (Å²) in [6, 6.07) is 5.39. The maximum atomic E-state index is 12.1. The molecule has 2 unspecified atom stereocenters. The van der Waals surface area contributed by atoms with Crippen LogP contribution in [-0.2, 0) is 0 Å². The number of nitrogen functional groups attached to an aromatic ring is 1. The molecule has 1 saturated carbocycles. The molecule has 0 aliphatic heterocycles. The van der Waals surface area contributed by atoms with Gasteiger partial charge in [-0.1, -0.05) is 17.7 Å². The van der Waals surface area contributed by atoms with Gasteiger partial charge in [-0.25, -0.2) is 0 Å². The number of nitrogens with two attached hydrogens (primary N) is 1. The quantitative estimate of drug-likeness (QED) is 0.839. The summed E-state index contributed by atoms with van der Waals surface area (Å²) >= 11 is 7.78. The van der Waals surface area contributed by atoms with Crippen molar-refractivity contribution in [3.8, 4) is 0 Å². The van der Waals surface area contributed by atoms with Crippen LogP contribution in [0.4, 0.5) is 5.69 Å². The Kier molecular flexibility index (Phi) is 4.40. The van der Waals surface area contributed by atoms with Crippen LogP contribution in [0.25, 0.3) is 0 Å². The van der Waals surface area contributed by atoms with Gasteiger partial charge in [0.15, 0.2) is 0 Å². The molecule has 2 rings (SSSR count). The first kappa shape index (κ1) is 13.6. The summed E-state index contributed by atoms with van der Waals surface area (Å²) in [6.07, 6.45) is 5.35. The summed E-state index contributed by atoms with van der Waals surface area (Å²) in [7, 11) is 0. The van der Waals surface area contributed by atoms with Crippen molar-refractivity contribution in [1.29, 1.82) is 0 Å². The summed E-state index contributed by atoms with van der Waals surface area (Å²) in [4.78, 5) is 12.1. The fraction of sp³-hybridized carbons (Fsp3) is 0.462. The number of thioether (sulfide) groups is 1. The van der Waals surface area contributed by atoms with Gasteiger partial charge in [0.25, 0.3) is 5.91 Å². The molecule has 98 valence electrons. The highest BCUT2D eigenvalue weighted by atomic mass is 35.5. The van der Waals surface area contributed by atoms with Crippen molar-refractivity contribution in [3.05, 3.63) is 28.8 Å². The Bertz CT molecular complexity index is 453. The second-order valence-corrected chi connectivity index (χ2v) is 6.09. The van der Waals surface area contributed by atoms with E-state index in [0.29, 0.717) is 21.5 Å². The van der Waals surface area contributed by atoms with Crippen LogP contribution in [0.3, 0.4) is 0 Å². The molecule has 0 bridgehead atoms. The topological polar surface area (TPSA) is 55.1 Å². The Hall–Kier alpha value is -0.870. The lowest BCUT2D eigenvalue weighted by atomic mass is 10.1. The van der Waals surface area contributed by atoms with E-state index < -0.39 is 0 Å². The predicted octanol–water partition coefficient (Wildman–Crippen LogP) is 2.94. The third-order valence-corrected chi connectivity index (χ3v) is 4.78. The molecule has 0 aromatic heterocycles. The number of rotatable bonds is 3. The minimum atomic E-state index is -0.123. The molecule has 1 aromatic rings. The van der Waals surface area contributed by atoms with E-state index in [2.05, 4.69) is 11.6 Å². The van der Waals surface area contributed by atoms with Gasteiger partial charge in [0.05, 0.1) is 16.3 Å². The van der Waals surface area contributed by atoms with Crippen molar-refractivity contribution in [1.82, 2.24) is 5.32 Å². The van der Waals surface area contributed by atoms with Crippen LogP contribution in [0.5, 0.6) is 0 Å². The number of hydrogen-bond acceptors (Lipinski definition) is 3. The van der Waals surface area contributed by atoms with Gasteiger partial charge >= 0.3 is 0 Å². The fourth-order valence-electron chi connectivity index (χ4n) is 2.28.